The number of nitrogens with one attached hydrogen (secondary N) is 4. The van der Waals surface area contributed by atoms with Crippen LogP contribution in [-0.2, 0) is 78.0 Å². The van der Waals surface area contributed by atoms with Gasteiger partial charge >= 0.3 is 36.1 Å². The summed E-state index contributed by atoms with van der Waals surface area (Å²) in [5, 5.41) is 23.3. The molecule has 0 radical (unpaired) electrons. The van der Waals surface area contributed by atoms with Crippen LogP contribution in [0.25, 0.3) is 12.2 Å². The van der Waals surface area contributed by atoms with Crippen LogP contribution in [0.2, 0.25) is 0 Å². The minimum absolute atomic E-state index is 0.000979. The molecule has 0 bridgehead atoms. The van der Waals surface area contributed by atoms with Crippen LogP contribution in [0.3, 0.4) is 0 Å². The fourth-order valence-electron chi connectivity index (χ4n) is 20.8. The van der Waals surface area contributed by atoms with Gasteiger partial charge in [0.05, 0.1) is 6.61 Å². The highest BCUT2D eigenvalue weighted by molar-refractivity contribution is 5.95. The van der Waals surface area contributed by atoms with Crippen LogP contribution in [0.1, 0.15) is 372 Å². The zero-order valence-electron chi connectivity index (χ0n) is 85.1. The van der Waals surface area contributed by atoms with Gasteiger partial charge in [0.15, 0.2) is 17.9 Å². The number of ether oxygens (including phenoxy) is 8. The topological polar surface area (TPSA) is 349 Å². The van der Waals surface area contributed by atoms with Gasteiger partial charge < -0.3 is 79.8 Å². The largest absolute Gasteiger partial charge is 0.461 e. The molecule has 27 nitrogen and oxygen atoms in total. The molecule has 0 spiro atoms. The van der Waals surface area contributed by atoms with Gasteiger partial charge in [-0.15, -0.1) is 0 Å². The number of hydrogen-bond acceptors (Lipinski definition) is 25. The number of rotatable bonds is 32. The minimum Gasteiger partial charge on any atom is -0.461 e. The summed E-state index contributed by atoms with van der Waals surface area (Å²) < 4.78 is 44.6. The number of carbonyl (C=O) groups is 10. The number of benzene rings is 2. The Hall–Kier alpha value is -7.34. The Morgan fingerprint density at radius 1 is 0.423 bits per heavy atom. The third-order valence-corrected chi connectivity index (χ3v) is 28.8. The van der Waals surface area contributed by atoms with E-state index in [0.717, 1.165) is 179 Å². The molecule has 2 aromatic rings. The molecule has 27 heteroatoms. The SMILES string of the molecule is CC(C)(C)OC(=O)N1CCC(=O)CC1.CC(C)(C)OC(=O)N1CCC(N[C@H](C(=O)OC2CCCC2)C2CCCCC2)CC1.CC(C)COC(C)OCC(=O)/C=C/c1ccc(C=O)cc1.N[C@H](C(=O)OC1CCCC1)C1CCCCC1.O=C(/C=C/c1ccc(CN2CCC(N[C@H](C(=O)OC3CCCC3)C3CCCCC3)CC2)cc1)CO.O=C(OC1CCCC1)[C@@H](NC1CCNCC1)C1CCCCC1. The van der Waals surface area contributed by atoms with Gasteiger partial charge in [-0.1, -0.05) is 152 Å². The zero-order chi connectivity index (χ0) is 98.3. The van der Waals surface area contributed by atoms with E-state index in [4.69, 9.17) is 48.7 Å². The number of hydrogen-bond donors (Lipinski definition) is 6. The maximum Gasteiger partial charge on any atom is 0.410 e. The molecule has 12 fully saturated rings. The Morgan fingerprint density at radius 3 is 1.13 bits per heavy atom. The molecule has 8 saturated carbocycles. The van der Waals surface area contributed by atoms with Crippen LogP contribution in [0.15, 0.2) is 60.7 Å². The first-order valence-electron chi connectivity index (χ1n) is 53.6. The minimum atomic E-state index is -0.470. The Morgan fingerprint density at radius 2 is 0.759 bits per heavy atom. The average molecular weight is 1910 g/mol. The number of nitrogens with two attached hydrogens (primary N) is 1. The van der Waals surface area contributed by atoms with Crippen LogP contribution in [0.5, 0.6) is 0 Å². The lowest BCUT2D eigenvalue weighted by molar-refractivity contribution is -0.154. The van der Waals surface area contributed by atoms with Crippen molar-refractivity contribution in [1.29, 1.82) is 0 Å². The molecule has 0 aromatic heterocycles. The van der Waals surface area contributed by atoms with Crippen molar-refractivity contribution in [3.8, 4) is 0 Å². The number of aliphatic hydroxyl groups is 1. The number of nitrogens with zero attached hydrogens (tertiary/aromatic N) is 3. The van der Waals surface area contributed by atoms with E-state index in [9.17, 15) is 47.9 Å². The molecule has 1 unspecified atom stereocenters. The van der Waals surface area contributed by atoms with Gasteiger partial charge in [0.25, 0.3) is 0 Å². The Bertz CT molecular complexity index is 3900. The lowest BCUT2D eigenvalue weighted by Crippen LogP contribution is -2.53. The molecular formula is C110H176N8O19. The zero-order valence-corrected chi connectivity index (χ0v) is 85.1. The van der Waals surface area contributed by atoms with Crippen molar-refractivity contribution in [2.24, 2.45) is 35.3 Å². The number of Topliss-reactive ketones (excluding diaryl/α,β-unsaturated/α-hetero) is 1. The van der Waals surface area contributed by atoms with Crippen LogP contribution < -0.4 is 27.0 Å². The Kier molecular flexibility index (Phi) is 50.8. The summed E-state index contributed by atoms with van der Waals surface area (Å²) in [5.41, 5.74) is 8.74. The molecule has 137 heavy (non-hydrogen) atoms. The van der Waals surface area contributed by atoms with Crippen molar-refractivity contribution < 1.29 is 90.9 Å². The molecule has 14 rings (SSSR count). The molecule has 5 atom stereocenters. The van der Waals surface area contributed by atoms with Crippen LogP contribution in [-0.4, -0.2) is 236 Å². The van der Waals surface area contributed by atoms with Crippen molar-refractivity contribution in [3.05, 3.63) is 82.9 Å². The molecule has 12 aliphatic rings. The first-order valence-corrected chi connectivity index (χ1v) is 53.6. The maximum atomic E-state index is 13.2. The van der Waals surface area contributed by atoms with E-state index in [1.165, 1.54) is 159 Å². The van der Waals surface area contributed by atoms with Crippen molar-refractivity contribution in [3.63, 3.8) is 0 Å². The van der Waals surface area contributed by atoms with Crippen molar-refractivity contribution in [2.75, 3.05) is 72.2 Å². The van der Waals surface area contributed by atoms with Crippen molar-refractivity contribution >= 4 is 71.9 Å². The molecule has 7 N–H and O–H groups in total. The second-order valence-electron chi connectivity index (χ2n) is 43.1. The number of aldehydes is 1. The van der Waals surface area contributed by atoms with Crippen molar-refractivity contribution in [2.45, 2.75) is 436 Å². The average Bonchev–Trinajstić information content (AvgIpc) is 0.951. The molecular weight excluding hydrogens is 1740 g/mol. The number of piperidine rings is 4. The predicted molar refractivity (Wildman–Crippen MR) is 535 cm³/mol. The van der Waals surface area contributed by atoms with Gasteiger partial charge in [-0.05, 0) is 326 Å². The molecule has 4 heterocycles. The highest BCUT2D eigenvalue weighted by Crippen LogP contribution is 2.36. The van der Waals surface area contributed by atoms with Gasteiger partial charge in [0.1, 0.15) is 85.1 Å². The van der Waals surface area contributed by atoms with E-state index in [-0.39, 0.29) is 115 Å². The number of likely N-dealkylation sites (tertiary alicyclic amines) is 3. The highest BCUT2D eigenvalue weighted by atomic mass is 16.7. The van der Waals surface area contributed by atoms with Gasteiger partial charge in [0, 0.05) is 69.3 Å². The second kappa shape index (κ2) is 61.5. The standard InChI is InChI=1S/C29H42N2O4.C23H40N2O4.C18H32N2O2.C17H22O4.C13H23NO2.C10H17NO3/c32-21-26(33)15-14-22-10-12-23(13-11-22)20-31-18-16-25(17-19-31)30-28(24-6-2-1-3-7-24)29(34)35-27-8-4-5-9-27;1-23(2,3)29-22(27)25-15-13-18(14-16-25)24-20(17-9-5-4-6-10-17)21(26)28-19-11-7-8-12-19;21-18(22-16-8-4-5-9-16)17(14-6-2-1-3-7-14)20-15-10-12-19-13-11-15;1-13(2)11-20-14(3)21-12-17(19)9-8-15-4-6-16(10-18)7-5-15;14-12(10-6-2-1-3-7-10)13(15)16-11-8-4-5-9-11;1-10(2,3)14-9(13)11-6-4-8(12)5-7-11/h10-15,24-25,27-28,30,32H,1-9,16-21H2;17-20,24H,4-16H2,1-3H3;14-17,19-20H,1-13H2;4-10,13-14H,11-12H2,1-3H3;10-12H,1-9,14H2;4-7H2,1-3H3/b15-14+;;;9-8+;;/t28-;20-;17-;;12-;/m000.0./s1. The number of carbonyl (C=O) groups excluding carboxylic acids is 10. The summed E-state index contributed by atoms with van der Waals surface area (Å²) in [5.74, 6) is 1.72. The van der Waals surface area contributed by atoms with Gasteiger partial charge in [0.2, 0.25) is 0 Å². The second-order valence-corrected chi connectivity index (χ2v) is 43.1. The van der Waals surface area contributed by atoms with Crippen molar-refractivity contribution in [1.82, 2.24) is 36.0 Å². The monoisotopic (exact) mass is 1910 g/mol. The lowest BCUT2D eigenvalue weighted by atomic mass is 9.83. The first-order chi connectivity index (χ1) is 65.9. The first kappa shape index (κ1) is 113. The van der Waals surface area contributed by atoms with Crippen LogP contribution >= 0.6 is 0 Å². The van der Waals surface area contributed by atoms with E-state index >= 15 is 0 Å². The van der Waals surface area contributed by atoms with E-state index in [1.807, 2.05) is 53.7 Å². The Balaban J connectivity index is 0.000000189. The molecule has 8 aliphatic carbocycles. The number of amides is 2. The van der Waals surface area contributed by atoms with E-state index in [0.29, 0.717) is 92.9 Å². The lowest BCUT2D eigenvalue weighted by Gasteiger charge is -2.37. The molecule has 2 amide bonds. The smallest absolute Gasteiger partial charge is 0.410 e. The summed E-state index contributed by atoms with van der Waals surface area (Å²) >= 11 is 0. The summed E-state index contributed by atoms with van der Waals surface area (Å²) in [6.07, 6.45) is 55.5. The summed E-state index contributed by atoms with van der Waals surface area (Å²) in [6.45, 7) is 24.6. The molecule has 2 aromatic carbocycles. The van der Waals surface area contributed by atoms with Gasteiger partial charge in [-0.3, -0.25) is 43.3 Å². The fraction of sp³-hybridized carbons (Fsp3) is 0.764. The molecule has 770 valence electrons. The van der Waals surface area contributed by atoms with E-state index in [2.05, 4.69) is 52.1 Å². The quantitative estimate of drug-likeness (QED) is 0.0130. The van der Waals surface area contributed by atoms with E-state index < -0.39 is 24.1 Å². The Labute approximate surface area is 820 Å². The van der Waals surface area contributed by atoms with Gasteiger partial charge in [-0.25, -0.2) is 9.59 Å². The maximum absolute atomic E-state index is 13.2. The summed E-state index contributed by atoms with van der Waals surface area (Å²) in [7, 11) is 0. The molecule has 4 aliphatic heterocycles. The van der Waals surface area contributed by atoms with Gasteiger partial charge in [-0.2, -0.15) is 0 Å². The number of aliphatic hydroxyl groups excluding tert-OH is 1. The normalized spacial score (nSPS) is 21.8. The third kappa shape index (κ3) is 44.0. The van der Waals surface area contributed by atoms with Crippen LogP contribution in [0.4, 0.5) is 9.59 Å². The summed E-state index contributed by atoms with van der Waals surface area (Å²) in [6, 6.07) is 15.5. The third-order valence-electron chi connectivity index (χ3n) is 28.8. The molecule has 4 saturated heterocycles. The van der Waals surface area contributed by atoms with Crippen LogP contribution in [0, 0.1) is 29.6 Å². The number of ketones is 3. The predicted octanol–water partition coefficient (Wildman–Crippen LogP) is 18.5. The van der Waals surface area contributed by atoms with E-state index in [1.54, 1.807) is 53.1 Å². The summed E-state index contributed by atoms with van der Waals surface area (Å²) in [4.78, 5) is 125. The number of esters is 4. The highest BCUT2D eigenvalue weighted by Gasteiger charge is 2.41. The fourth-order valence-corrected chi connectivity index (χ4v) is 20.8.